The highest BCUT2D eigenvalue weighted by Gasteiger charge is 2.19. The molecule has 7 nitrogen and oxygen atoms in total. The number of quaternary nitrogens is 1. The minimum Gasteiger partial charge on any atom is -0.370 e. The molecular formula is C15H26ClN6O+. The normalized spacial score (nSPS) is 20.7. The first-order valence-electron chi connectivity index (χ1n) is 8.52. The van der Waals surface area contributed by atoms with E-state index in [0.717, 1.165) is 58.4 Å². The van der Waals surface area contributed by atoms with Gasteiger partial charge in [0.1, 0.15) is 13.1 Å². The fraction of sp³-hybridized carbons (Fsp3) is 0.800. The van der Waals surface area contributed by atoms with Crippen LogP contribution in [0.15, 0.2) is 0 Å². The molecule has 2 fully saturated rings. The standard InChI is InChI=1S/C15H25ClN6O/c1-12-2-5-22(6-3-12)15-19-13(16)18-14(20-15)17-4-7-21-8-10-23-11-9-21/h12H,2-11H2,1H3,(H,17,18,19,20)/p+1. The number of halogens is 1. The molecule has 1 aromatic heterocycles. The van der Waals surface area contributed by atoms with Crippen molar-refractivity contribution >= 4 is 23.5 Å². The van der Waals surface area contributed by atoms with Crippen molar-refractivity contribution in [3.05, 3.63) is 5.28 Å². The second-order valence-corrected chi connectivity index (χ2v) is 6.77. The zero-order valence-corrected chi connectivity index (χ0v) is 14.5. The van der Waals surface area contributed by atoms with Gasteiger partial charge in [-0.05, 0) is 30.4 Å². The van der Waals surface area contributed by atoms with Gasteiger partial charge < -0.3 is 19.9 Å². The lowest BCUT2D eigenvalue weighted by molar-refractivity contribution is -0.906. The van der Waals surface area contributed by atoms with Crippen molar-refractivity contribution in [2.45, 2.75) is 19.8 Å². The van der Waals surface area contributed by atoms with E-state index in [1.807, 2.05) is 0 Å². The molecule has 3 heterocycles. The smallest absolute Gasteiger partial charge is 0.231 e. The number of piperidine rings is 1. The number of rotatable bonds is 5. The summed E-state index contributed by atoms with van der Waals surface area (Å²) < 4.78 is 5.37. The quantitative estimate of drug-likeness (QED) is 0.791. The molecule has 0 saturated carbocycles. The third-order valence-corrected chi connectivity index (χ3v) is 4.79. The first kappa shape index (κ1) is 16.7. The molecule has 3 rings (SSSR count). The number of ether oxygens (including phenoxy) is 1. The van der Waals surface area contributed by atoms with Gasteiger partial charge in [0, 0.05) is 13.1 Å². The predicted molar refractivity (Wildman–Crippen MR) is 90.3 cm³/mol. The SMILES string of the molecule is CC1CCN(c2nc(Cl)nc(NCC[NH+]3CCOCC3)n2)CC1. The molecule has 0 bridgehead atoms. The maximum Gasteiger partial charge on any atom is 0.231 e. The molecule has 0 spiro atoms. The Balaban J connectivity index is 1.54. The van der Waals surface area contributed by atoms with Gasteiger partial charge in [0.2, 0.25) is 17.2 Å². The van der Waals surface area contributed by atoms with E-state index in [1.165, 1.54) is 12.8 Å². The molecule has 0 atom stereocenters. The third-order valence-electron chi connectivity index (χ3n) is 4.62. The summed E-state index contributed by atoms with van der Waals surface area (Å²) in [6, 6.07) is 0. The number of nitrogens with zero attached hydrogens (tertiary/aromatic N) is 4. The van der Waals surface area contributed by atoms with Gasteiger partial charge in [-0.25, -0.2) is 0 Å². The Labute approximate surface area is 142 Å². The van der Waals surface area contributed by atoms with Gasteiger partial charge in [0.05, 0.1) is 26.3 Å². The van der Waals surface area contributed by atoms with E-state index in [9.17, 15) is 0 Å². The number of aromatic nitrogens is 3. The Morgan fingerprint density at radius 3 is 2.70 bits per heavy atom. The molecular weight excluding hydrogens is 316 g/mol. The lowest BCUT2D eigenvalue weighted by Crippen LogP contribution is -3.14. The average Bonchev–Trinajstić information content (AvgIpc) is 2.56. The predicted octanol–water partition coefficient (Wildman–Crippen LogP) is 0.0883. The van der Waals surface area contributed by atoms with Crippen molar-refractivity contribution in [1.29, 1.82) is 0 Å². The van der Waals surface area contributed by atoms with E-state index in [4.69, 9.17) is 16.3 Å². The maximum atomic E-state index is 6.07. The lowest BCUT2D eigenvalue weighted by atomic mass is 10.00. The summed E-state index contributed by atoms with van der Waals surface area (Å²) in [6.07, 6.45) is 2.35. The zero-order chi connectivity index (χ0) is 16.1. The second kappa shape index (κ2) is 8.08. The van der Waals surface area contributed by atoms with Crippen molar-refractivity contribution in [3.63, 3.8) is 0 Å². The molecule has 23 heavy (non-hydrogen) atoms. The largest absolute Gasteiger partial charge is 0.370 e. The van der Waals surface area contributed by atoms with E-state index in [-0.39, 0.29) is 5.28 Å². The van der Waals surface area contributed by atoms with Crippen LogP contribution in [0.5, 0.6) is 0 Å². The highest BCUT2D eigenvalue weighted by atomic mass is 35.5. The summed E-state index contributed by atoms with van der Waals surface area (Å²) in [7, 11) is 0. The first-order chi connectivity index (χ1) is 11.2. The van der Waals surface area contributed by atoms with Crippen LogP contribution in [0.3, 0.4) is 0 Å². The molecule has 0 aromatic carbocycles. The molecule has 2 aliphatic rings. The topological polar surface area (TPSA) is 67.6 Å². The van der Waals surface area contributed by atoms with Crippen LogP contribution >= 0.6 is 11.6 Å². The fourth-order valence-corrected chi connectivity index (χ4v) is 3.19. The zero-order valence-electron chi connectivity index (χ0n) is 13.7. The Morgan fingerprint density at radius 1 is 1.22 bits per heavy atom. The molecule has 2 saturated heterocycles. The van der Waals surface area contributed by atoms with E-state index in [0.29, 0.717) is 11.9 Å². The minimum atomic E-state index is 0.259. The number of nitrogens with one attached hydrogen (secondary N) is 2. The van der Waals surface area contributed by atoms with Crippen LogP contribution in [0, 0.1) is 5.92 Å². The molecule has 128 valence electrons. The second-order valence-electron chi connectivity index (χ2n) is 6.44. The highest BCUT2D eigenvalue weighted by molar-refractivity contribution is 6.28. The van der Waals surface area contributed by atoms with Crippen LogP contribution < -0.4 is 15.1 Å². The van der Waals surface area contributed by atoms with E-state index in [2.05, 4.69) is 32.1 Å². The van der Waals surface area contributed by atoms with Crippen LogP contribution in [0.25, 0.3) is 0 Å². The van der Waals surface area contributed by atoms with Gasteiger partial charge in [-0.3, -0.25) is 0 Å². The Bertz CT molecular complexity index is 503. The van der Waals surface area contributed by atoms with Gasteiger partial charge in [0.15, 0.2) is 0 Å². The summed E-state index contributed by atoms with van der Waals surface area (Å²) in [5.74, 6) is 2.04. The maximum absolute atomic E-state index is 6.07. The molecule has 1 aromatic rings. The summed E-state index contributed by atoms with van der Waals surface area (Å²) in [6.45, 7) is 9.95. The van der Waals surface area contributed by atoms with Crippen molar-refractivity contribution in [2.24, 2.45) is 5.92 Å². The molecule has 2 N–H and O–H groups in total. The van der Waals surface area contributed by atoms with Gasteiger partial charge in [-0.2, -0.15) is 15.0 Å². The molecule has 8 heteroatoms. The fourth-order valence-electron chi connectivity index (χ4n) is 3.03. The molecule has 0 aliphatic carbocycles. The van der Waals surface area contributed by atoms with Crippen molar-refractivity contribution < 1.29 is 9.64 Å². The third kappa shape index (κ3) is 4.89. The monoisotopic (exact) mass is 341 g/mol. The summed E-state index contributed by atoms with van der Waals surface area (Å²) in [5, 5.41) is 3.55. The minimum absolute atomic E-state index is 0.259. The van der Waals surface area contributed by atoms with Gasteiger partial charge in [-0.1, -0.05) is 6.92 Å². The Kier molecular flexibility index (Phi) is 5.85. The number of morpholine rings is 1. The van der Waals surface area contributed by atoms with E-state index in [1.54, 1.807) is 4.90 Å². The Hall–Kier alpha value is -1.18. The average molecular weight is 342 g/mol. The van der Waals surface area contributed by atoms with E-state index >= 15 is 0 Å². The van der Waals surface area contributed by atoms with Gasteiger partial charge in [-0.15, -0.1) is 0 Å². The van der Waals surface area contributed by atoms with E-state index < -0.39 is 0 Å². The molecule has 0 amide bonds. The Morgan fingerprint density at radius 2 is 1.96 bits per heavy atom. The van der Waals surface area contributed by atoms with Crippen LogP contribution in [0.1, 0.15) is 19.8 Å². The van der Waals surface area contributed by atoms with Crippen molar-refractivity contribution in [1.82, 2.24) is 15.0 Å². The highest BCUT2D eigenvalue weighted by Crippen LogP contribution is 2.21. The van der Waals surface area contributed by atoms with Crippen LogP contribution in [-0.4, -0.2) is 67.4 Å². The molecule has 0 radical (unpaired) electrons. The summed E-state index contributed by atoms with van der Waals surface area (Å²) in [5.41, 5.74) is 0. The molecule has 0 unspecified atom stereocenters. The van der Waals surface area contributed by atoms with Gasteiger partial charge in [0.25, 0.3) is 0 Å². The van der Waals surface area contributed by atoms with Crippen LogP contribution in [0.2, 0.25) is 5.28 Å². The summed E-state index contributed by atoms with van der Waals surface area (Å²) >= 11 is 6.07. The summed E-state index contributed by atoms with van der Waals surface area (Å²) in [4.78, 5) is 16.8. The van der Waals surface area contributed by atoms with Crippen molar-refractivity contribution in [2.75, 3.05) is 62.7 Å². The molecule has 2 aliphatic heterocycles. The number of hydrogen-bond donors (Lipinski definition) is 2. The van der Waals surface area contributed by atoms with Crippen molar-refractivity contribution in [3.8, 4) is 0 Å². The van der Waals surface area contributed by atoms with Crippen LogP contribution in [0.4, 0.5) is 11.9 Å². The van der Waals surface area contributed by atoms with Crippen LogP contribution in [-0.2, 0) is 4.74 Å². The number of hydrogen-bond acceptors (Lipinski definition) is 6. The number of anilines is 2. The lowest BCUT2D eigenvalue weighted by Gasteiger charge is -2.30. The first-order valence-corrected chi connectivity index (χ1v) is 8.90. The van der Waals surface area contributed by atoms with Gasteiger partial charge >= 0.3 is 0 Å².